The van der Waals surface area contributed by atoms with Crippen LogP contribution in [0, 0.1) is 0 Å². The minimum atomic E-state index is 0.613. The van der Waals surface area contributed by atoms with Crippen LogP contribution >= 0.6 is 0 Å². The Morgan fingerprint density at radius 1 is 1.08 bits per heavy atom. The molecule has 2 nitrogen and oxygen atoms in total. The predicted octanol–water partition coefficient (Wildman–Crippen LogP) is 2.37. The van der Waals surface area contributed by atoms with E-state index >= 15 is 0 Å². The van der Waals surface area contributed by atoms with Crippen LogP contribution in [0.25, 0.3) is 0 Å². The zero-order valence-electron chi connectivity index (χ0n) is 8.25. The molecule has 13 heavy (non-hydrogen) atoms. The van der Waals surface area contributed by atoms with E-state index < -0.39 is 0 Å². The predicted molar refractivity (Wildman–Crippen MR) is 52.5 cm³/mol. The first-order chi connectivity index (χ1) is 6.36. The lowest BCUT2D eigenvalue weighted by molar-refractivity contribution is -0.271. The summed E-state index contributed by atoms with van der Waals surface area (Å²) in [6.07, 6.45) is 1.99. The van der Waals surface area contributed by atoms with Crippen molar-refractivity contribution in [2.24, 2.45) is 0 Å². The summed E-state index contributed by atoms with van der Waals surface area (Å²) in [5.74, 6) is 0. The van der Waals surface area contributed by atoms with Crippen LogP contribution < -0.4 is 0 Å². The van der Waals surface area contributed by atoms with E-state index in [0.717, 1.165) is 12.8 Å². The lowest BCUT2D eigenvalue weighted by Gasteiger charge is -2.02. The molecule has 1 aromatic carbocycles. The summed E-state index contributed by atoms with van der Waals surface area (Å²) in [5.41, 5.74) is 2.66. The second-order valence-electron chi connectivity index (χ2n) is 2.91. The van der Waals surface area contributed by atoms with Gasteiger partial charge in [0.2, 0.25) is 0 Å². The average Bonchev–Trinajstić information content (AvgIpc) is 2.19. The van der Waals surface area contributed by atoms with E-state index in [9.17, 15) is 0 Å². The third-order valence-electron chi connectivity index (χ3n) is 2.02. The number of hydrogen-bond acceptors (Lipinski definition) is 2. The number of rotatable bonds is 5. The number of benzene rings is 1. The second-order valence-corrected chi connectivity index (χ2v) is 2.91. The molecule has 0 heterocycles. The van der Waals surface area contributed by atoms with E-state index in [0.29, 0.717) is 6.61 Å². The minimum absolute atomic E-state index is 0.613. The van der Waals surface area contributed by atoms with Crippen LogP contribution in [0.2, 0.25) is 0 Å². The summed E-state index contributed by atoms with van der Waals surface area (Å²) < 4.78 is 0. The van der Waals surface area contributed by atoms with Crippen LogP contribution in [0.15, 0.2) is 24.3 Å². The first kappa shape index (κ1) is 10.2. The van der Waals surface area contributed by atoms with Crippen LogP contribution in [-0.2, 0) is 22.6 Å². The zero-order chi connectivity index (χ0) is 9.52. The van der Waals surface area contributed by atoms with Gasteiger partial charge in [0.1, 0.15) is 0 Å². The molecule has 0 aromatic heterocycles. The monoisotopic (exact) mass is 180 g/mol. The summed E-state index contributed by atoms with van der Waals surface area (Å²) in [4.78, 5) is 9.30. The summed E-state index contributed by atoms with van der Waals surface area (Å²) in [5, 5.41) is 0. The fourth-order valence-corrected chi connectivity index (χ4v) is 1.18. The van der Waals surface area contributed by atoms with Gasteiger partial charge in [0.05, 0.1) is 13.7 Å². The van der Waals surface area contributed by atoms with Gasteiger partial charge in [-0.25, -0.2) is 9.78 Å². The highest BCUT2D eigenvalue weighted by molar-refractivity contribution is 5.22. The molecule has 0 unspecified atom stereocenters. The summed E-state index contributed by atoms with van der Waals surface area (Å²) in [6, 6.07) is 8.58. The number of aryl methyl sites for hydroxylation is 1. The highest BCUT2D eigenvalue weighted by Gasteiger charge is 1.93. The van der Waals surface area contributed by atoms with E-state index in [4.69, 9.17) is 4.89 Å². The Bertz CT molecular complexity index is 228. The first-order valence-corrected chi connectivity index (χ1v) is 4.60. The maximum absolute atomic E-state index is 4.79. The smallest absolute Gasteiger partial charge is 0.0862 e. The van der Waals surface area contributed by atoms with Crippen molar-refractivity contribution in [3.63, 3.8) is 0 Å². The SMILES string of the molecule is CCc1ccc(CCOOC)cc1. The molecule has 0 aliphatic heterocycles. The van der Waals surface area contributed by atoms with E-state index in [1.807, 2.05) is 0 Å². The van der Waals surface area contributed by atoms with Crippen molar-refractivity contribution in [1.82, 2.24) is 0 Å². The van der Waals surface area contributed by atoms with Gasteiger partial charge in [0.25, 0.3) is 0 Å². The quantitative estimate of drug-likeness (QED) is 0.393. The highest BCUT2D eigenvalue weighted by Crippen LogP contribution is 2.05. The Hall–Kier alpha value is -0.860. The molecule has 0 aliphatic carbocycles. The van der Waals surface area contributed by atoms with Crippen molar-refractivity contribution >= 4 is 0 Å². The van der Waals surface area contributed by atoms with Crippen molar-refractivity contribution < 1.29 is 9.78 Å². The van der Waals surface area contributed by atoms with Crippen molar-refractivity contribution in [3.8, 4) is 0 Å². The first-order valence-electron chi connectivity index (χ1n) is 4.60. The Balaban J connectivity index is 2.40. The molecule has 0 amide bonds. The molecule has 0 fully saturated rings. The maximum atomic E-state index is 4.79. The van der Waals surface area contributed by atoms with Gasteiger partial charge >= 0.3 is 0 Å². The Kier molecular flexibility index (Phi) is 4.50. The molecule has 0 N–H and O–H groups in total. The lowest BCUT2D eigenvalue weighted by atomic mass is 10.1. The molecular formula is C11H16O2. The average molecular weight is 180 g/mol. The van der Waals surface area contributed by atoms with Gasteiger partial charge in [-0.2, -0.15) is 0 Å². The molecule has 72 valence electrons. The van der Waals surface area contributed by atoms with Crippen molar-refractivity contribution in [3.05, 3.63) is 35.4 Å². The van der Waals surface area contributed by atoms with Crippen molar-refractivity contribution in [2.45, 2.75) is 19.8 Å². The zero-order valence-corrected chi connectivity index (χ0v) is 8.25. The Labute approximate surface area is 79.4 Å². The van der Waals surface area contributed by atoms with Crippen molar-refractivity contribution in [2.75, 3.05) is 13.7 Å². The van der Waals surface area contributed by atoms with E-state index in [-0.39, 0.29) is 0 Å². The fraction of sp³-hybridized carbons (Fsp3) is 0.455. The molecule has 0 aliphatic rings. The summed E-state index contributed by atoms with van der Waals surface area (Å²) in [7, 11) is 1.53. The normalized spacial score (nSPS) is 10.3. The van der Waals surface area contributed by atoms with E-state index in [1.165, 1.54) is 18.2 Å². The van der Waals surface area contributed by atoms with Gasteiger partial charge in [-0.3, -0.25) is 0 Å². The standard InChI is InChI=1S/C11H16O2/c1-3-10-4-6-11(7-5-10)8-9-13-12-2/h4-7H,3,8-9H2,1-2H3. The molecule has 0 spiro atoms. The van der Waals surface area contributed by atoms with Gasteiger partial charge in [-0.15, -0.1) is 0 Å². The largest absolute Gasteiger partial charge is 0.240 e. The van der Waals surface area contributed by atoms with Crippen LogP contribution in [-0.4, -0.2) is 13.7 Å². The fourth-order valence-electron chi connectivity index (χ4n) is 1.18. The van der Waals surface area contributed by atoms with Gasteiger partial charge in [-0.1, -0.05) is 31.2 Å². The van der Waals surface area contributed by atoms with E-state index in [2.05, 4.69) is 36.1 Å². The molecule has 0 bridgehead atoms. The maximum Gasteiger partial charge on any atom is 0.0862 e. The molecule has 0 saturated carbocycles. The third kappa shape index (κ3) is 3.57. The molecule has 0 radical (unpaired) electrons. The lowest BCUT2D eigenvalue weighted by Crippen LogP contribution is -1.97. The molecule has 2 heteroatoms. The molecule has 0 saturated heterocycles. The Morgan fingerprint density at radius 3 is 2.23 bits per heavy atom. The van der Waals surface area contributed by atoms with Gasteiger partial charge in [0.15, 0.2) is 0 Å². The van der Waals surface area contributed by atoms with Crippen LogP contribution in [0.4, 0.5) is 0 Å². The van der Waals surface area contributed by atoms with Gasteiger partial charge in [0, 0.05) is 0 Å². The van der Waals surface area contributed by atoms with Crippen LogP contribution in [0.5, 0.6) is 0 Å². The van der Waals surface area contributed by atoms with E-state index in [1.54, 1.807) is 0 Å². The van der Waals surface area contributed by atoms with Crippen molar-refractivity contribution in [1.29, 1.82) is 0 Å². The topological polar surface area (TPSA) is 18.5 Å². The molecular weight excluding hydrogens is 164 g/mol. The molecule has 1 rings (SSSR count). The van der Waals surface area contributed by atoms with Gasteiger partial charge < -0.3 is 0 Å². The molecule has 0 atom stereocenters. The summed E-state index contributed by atoms with van der Waals surface area (Å²) in [6.45, 7) is 2.77. The Morgan fingerprint density at radius 2 is 1.69 bits per heavy atom. The van der Waals surface area contributed by atoms with Gasteiger partial charge in [-0.05, 0) is 24.0 Å². The second kappa shape index (κ2) is 5.73. The third-order valence-corrected chi connectivity index (χ3v) is 2.02. The summed E-state index contributed by atoms with van der Waals surface area (Å²) >= 11 is 0. The highest BCUT2D eigenvalue weighted by atomic mass is 17.2. The molecule has 1 aromatic rings. The van der Waals surface area contributed by atoms with Crippen LogP contribution in [0.3, 0.4) is 0 Å². The minimum Gasteiger partial charge on any atom is -0.240 e. The number of hydrogen-bond donors (Lipinski definition) is 0. The van der Waals surface area contributed by atoms with Crippen LogP contribution in [0.1, 0.15) is 18.1 Å².